The number of rotatable bonds is 2. The van der Waals surface area contributed by atoms with Gasteiger partial charge in [0.05, 0.1) is 4.90 Å². The van der Waals surface area contributed by atoms with Crippen LogP contribution in [-0.2, 0) is 10.1 Å². The average molecular weight is 428 g/mol. The highest BCUT2D eigenvalue weighted by molar-refractivity contribution is 7.85. The summed E-state index contributed by atoms with van der Waals surface area (Å²) < 4.78 is 55.6. The number of piperidine rings is 1. The molecule has 2 aromatic rings. The molecule has 2 unspecified atom stereocenters. The summed E-state index contributed by atoms with van der Waals surface area (Å²) in [4.78, 5) is 12.1. The highest BCUT2D eigenvalue weighted by Gasteiger charge is 2.30. The second kappa shape index (κ2) is 9.29. The number of aryl methyl sites for hydroxylation is 1. The number of likely N-dealkylation sites (tertiary alicyclic amines) is 1. The molecule has 29 heavy (non-hydrogen) atoms. The smallest absolute Gasteiger partial charge is 0.407 e. The Bertz CT molecular complexity index is 967. The second-order valence-corrected chi connectivity index (χ2v) is 8.17. The standard InChI is InChI=1S/C12H14F2N2O2.C7H8O3S/c13-9-2-1-7(5-10(9)14)8-6-16(12(17)18)4-3-11(8)15;1-6-2-4-7(5-3-6)11(8,9)10/h1-2,5,8,11H,3-4,6,15H2,(H,17,18);2-5H,1H3,(H,8,9,10). The van der Waals surface area contributed by atoms with Crippen LogP contribution in [0.5, 0.6) is 0 Å². The summed E-state index contributed by atoms with van der Waals surface area (Å²) in [6.45, 7) is 2.42. The third kappa shape index (κ3) is 6.21. The Morgan fingerprint density at radius 2 is 1.76 bits per heavy atom. The highest BCUT2D eigenvalue weighted by Crippen LogP contribution is 2.27. The van der Waals surface area contributed by atoms with Crippen LogP contribution in [0, 0.1) is 18.6 Å². The number of benzene rings is 2. The molecule has 3 rings (SSSR count). The summed E-state index contributed by atoms with van der Waals surface area (Å²) in [5.74, 6) is -2.16. The van der Waals surface area contributed by atoms with Crippen LogP contribution in [0.1, 0.15) is 23.5 Å². The molecule has 0 spiro atoms. The minimum atomic E-state index is -4.02. The molecule has 0 bridgehead atoms. The fourth-order valence-corrected chi connectivity index (χ4v) is 3.43. The van der Waals surface area contributed by atoms with Gasteiger partial charge < -0.3 is 15.7 Å². The van der Waals surface area contributed by atoms with Gasteiger partial charge in [-0.15, -0.1) is 0 Å². The van der Waals surface area contributed by atoms with Crippen LogP contribution < -0.4 is 5.73 Å². The van der Waals surface area contributed by atoms with Crippen molar-refractivity contribution in [2.75, 3.05) is 13.1 Å². The monoisotopic (exact) mass is 428 g/mol. The van der Waals surface area contributed by atoms with E-state index >= 15 is 0 Å². The van der Waals surface area contributed by atoms with E-state index in [1.165, 1.54) is 23.1 Å². The maximum atomic E-state index is 13.2. The van der Waals surface area contributed by atoms with E-state index in [9.17, 15) is 22.0 Å². The maximum Gasteiger partial charge on any atom is 0.407 e. The van der Waals surface area contributed by atoms with Gasteiger partial charge in [0.1, 0.15) is 0 Å². The topological polar surface area (TPSA) is 121 Å². The van der Waals surface area contributed by atoms with Crippen molar-refractivity contribution < 1.29 is 31.7 Å². The summed E-state index contributed by atoms with van der Waals surface area (Å²) >= 11 is 0. The van der Waals surface area contributed by atoms with Crippen molar-refractivity contribution in [2.45, 2.75) is 30.2 Å². The first-order chi connectivity index (χ1) is 13.5. The number of halogens is 2. The van der Waals surface area contributed by atoms with Gasteiger partial charge in [-0.25, -0.2) is 13.6 Å². The van der Waals surface area contributed by atoms with Crippen molar-refractivity contribution in [1.82, 2.24) is 4.90 Å². The van der Waals surface area contributed by atoms with Gasteiger partial charge in [-0.2, -0.15) is 8.42 Å². The van der Waals surface area contributed by atoms with Crippen LogP contribution in [-0.4, -0.2) is 48.2 Å². The van der Waals surface area contributed by atoms with Gasteiger partial charge >= 0.3 is 6.09 Å². The zero-order valence-corrected chi connectivity index (χ0v) is 16.4. The van der Waals surface area contributed by atoms with E-state index in [-0.39, 0.29) is 23.4 Å². The van der Waals surface area contributed by atoms with Crippen LogP contribution in [0.25, 0.3) is 0 Å². The summed E-state index contributed by atoms with van der Waals surface area (Å²) in [6.07, 6.45) is -0.509. The molecule has 1 aliphatic rings. The number of amides is 1. The number of nitrogens with zero attached hydrogens (tertiary/aromatic N) is 1. The first-order valence-electron chi connectivity index (χ1n) is 8.71. The molecule has 0 radical (unpaired) electrons. The van der Waals surface area contributed by atoms with Gasteiger partial charge in [0.15, 0.2) is 11.6 Å². The van der Waals surface area contributed by atoms with Crippen LogP contribution in [0.15, 0.2) is 47.4 Å². The van der Waals surface area contributed by atoms with Crippen LogP contribution >= 0.6 is 0 Å². The molecule has 0 saturated carbocycles. The zero-order valence-electron chi connectivity index (χ0n) is 15.6. The lowest BCUT2D eigenvalue weighted by Gasteiger charge is -2.35. The first kappa shape index (κ1) is 22.7. The molecular weight excluding hydrogens is 406 g/mol. The number of hydrogen-bond donors (Lipinski definition) is 3. The van der Waals surface area contributed by atoms with E-state index in [1.54, 1.807) is 12.1 Å². The Labute approximate surface area is 167 Å². The Hall–Kier alpha value is -2.56. The predicted molar refractivity (Wildman–Crippen MR) is 102 cm³/mol. The lowest BCUT2D eigenvalue weighted by molar-refractivity contribution is 0.126. The largest absolute Gasteiger partial charge is 0.465 e. The SMILES string of the molecule is Cc1ccc(S(=O)(=O)O)cc1.NC1CCN(C(=O)O)CC1c1ccc(F)c(F)c1. The van der Waals surface area contributed by atoms with Crippen LogP contribution in [0.2, 0.25) is 0 Å². The number of carbonyl (C=O) groups is 1. The van der Waals surface area contributed by atoms with Crippen LogP contribution in [0.3, 0.4) is 0 Å². The fourth-order valence-electron chi connectivity index (χ4n) is 2.95. The van der Waals surface area contributed by atoms with E-state index in [0.717, 1.165) is 17.7 Å². The van der Waals surface area contributed by atoms with E-state index in [0.29, 0.717) is 18.5 Å². The van der Waals surface area contributed by atoms with E-state index in [4.69, 9.17) is 15.4 Å². The van der Waals surface area contributed by atoms with Gasteiger partial charge in [0.2, 0.25) is 0 Å². The predicted octanol–water partition coefficient (Wildman–Crippen LogP) is 3.00. The summed E-state index contributed by atoms with van der Waals surface area (Å²) in [7, 11) is -4.02. The molecule has 1 amide bonds. The van der Waals surface area contributed by atoms with Crippen molar-refractivity contribution >= 4 is 16.2 Å². The molecule has 4 N–H and O–H groups in total. The minimum Gasteiger partial charge on any atom is -0.465 e. The van der Waals surface area contributed by atoms with Crippen molar-refractivity contribution in [1.29, 1.82) is 0 Å². The third-order valence-corrected chi connectivity index (χ3v) is 5.50. The Morgan fingerprint density at radius 3 is 2.28 bits per heavy atom. The van der Waals surface area contributed by atoms with E-state index in [1.807, 2.05) is 6.92 Å². The zero-order chi connectivity index (χ0) is 21.8. The van der Waals surface area contributed by atoms with Crippen molar-refractivity contribution in [3.63, 3.8) is 0 Å². The highest BCUT2D eigenvalue weighted by atomic mass is 32.2. The molecule has 1 saturated heterocycles. The first-order valence-corrected chi connectivity index (χ1v) is 10.2. The molecular formula is C19H22F2N2O5S. The molecule has 2 atom stereocenters. The second-order valence-electron chi connectivity index (χ2n) is 6.75. The molecule has 158 valence electrons. The Balaban J connectivity index is 0.000000234. The summed E-state index contributed by atoms with van der Waals surface area (Å²) in [5.41, 5.74) is 7.42. The van der Waals surface area contributed by atoms with Gasteiger partial charge in [-0.05, 0) is 43.2 Å². The van der Waals surface area contributed by atoms with Crippen molar-refractivity contribution in [3.05, 3.63) is 65.2 Å². The van der Waals surface area contributed by atoms with E-state index in [2.05, 4.69) is 0 Å². The molecule has 0 aliphatic carbocycles. The summed E-state index contributed by atoms with van der Waals surface area (Å²) in [5, 5.41) is 8.94. The number of carboxylic acid groups (broad SMARTS) is 1. The van der Waals surface area contributed by atoms with E-state index < -0.39 is 27.8 Å². The molecule has 1 fully saturated rings. The molecule has 7 nitrogen and oxygen atoms in total. The number of nitrogens with two attached hydrogens (primary N) is 1. The fraction of sp³-hybridized carbons (Fsp3) is 0.316. The minimum absolute atomic E-state index is 0.0666. The molecule has 10 heteroatoms. The van der Waals surface area contributed by atoms with Crippen molar-refractivity contribution in [3.8, 4) is 0 Å². The van der Waals surface area contributed by atoms with Gasteiger partial charge in [-0.1, -0.05) is 23.8 Å². The number of hydrogen-bond acceptors (Lipinski definition) is 4. The lowest BCUT2D eigenvalue weighted by atomic mass is 9.86. The lowest BCUT2D eigenvalue weighted by Crippen LogP contribution is -2.47. The van der Waals surface area contributed by atoms with Gasteiger partial charge in [0, 0.05) is 25.0 Å². The molecule has 1 heterocycles. The molecule has 0 aromatic heterocycles. The van der Waals surface area contributed by atoms with Gasteiger partial charge in [-0.3, -0.25) is 4.55 Å². The van der Waals surface area contributed by atoms with Crippen LogP contribution in [0.4, 0.5) is 13.6 Å². The Kier molecular flexibility index (Phi) is 7.28. The Morgan fingerprint density at radius 1 is 1.14 bits per heavy atom. The quantitative estimate of drug-likeness (QED) is 0.633. The molecule has 2 aromatic carbocycles. The third-order valence-electron chi connectivity index (χ3n) is 4.63. The average Bonchev–Trinajstić information content (AvgIpc) is 2.64. The maximum absolute atomic E-state index is 13.2. The molecule has 1 aliphatic heterocycles. The van der Waals surface area contributed by atoms with Crippen molar-refractivity contribution in [2.24, 2.45) is 5.73 Å². The summed E-state index contributed by atoms with van der Waals surface area (Å²) in [6, 6.07) is 9.32. The normalized spacial score (nSPS) is 19.3. The van der Waals surface area contributed by atoms with Gasteiger partial charge in [0.25, 0.3) is 10.1 Å².